The van der Waals surface area contributed by atoms with Gasteiger partial charge >= 0.3 is 12.0 Å². The van der Waals surface area contributed by atoms with Crippen molar-refractivity contribution in [3.8, 4) is 23.3 Å². The van der Waals surface area contributed by atoms with E-state index >= 15 is 0 Å². The van der Waals surface area contributed by atoms with Gasteiger partial charge in [0.05, 0.1) is 42.4 Å². The van der Waals surface area contributed by atoms with Crippen molar-refractivity contribution >= 4 is 17.3 Å². The minimum Gasteiger partial charge on any atom is -0.481 e. The number of anilines is 2. The third kappa shape index (κ3) is 5.54. The molecule has 8 nitrogen and oxygen atoms in total. The van der Waals surface area contributed by atoms with E-state index in [1.807, 2.05) is 32.0 Å². The number of carbonyl (C=O) groups is 1. The van der Waals surface area contributed by atoms with E-state index in [1.54, 1.807) is 24.5 Å². The summed E-state index contributed by atoms with van der Waals surface area (Å²) < 4.78 is 5.29. The van der Waals surface area contributed by atoms with Crippen LogP contribution in [0.15, 0.2) is 48.9 Å². The van der Waals surface area contributed by atoms with Crippen LogP contribution in [-0.2, 0) is 4.79 Å². The van der Waals surface area contributed by atoms with Gasteiger partial charge in [0, 0.05) is 17.4 Å². The number of nitrogens with zero attached hydrogens (tertiary/aromatic N) is 4. The molecule has 3 aromatic rings. The predicted molar refractivity (Wildman–Crippen MR) is 116 cm³/mol. The van der Waals surface area contributed by atoms with Crippen LogP contribution in [0, 0.1) is 11.3 Å². The average Bonchev–Trinajstić information content (AvgIpc) is 2.79. The molecule has 0 saturated carbocycles. The highest BCUT2D eigenvalue weighted by Gasteiger charge is 2.17. The van der Waals surface area contributed by atoms with Gasteiger partial charge in [-0.3, -0.25) is 9.78 Å². The lowest BCUT2D eigenvalue weighted by Gasteiger charge is -2.18. The van der Waals surface area contributed by atoms with Gasteiger partial charge in [0.15, 0.2) is 0 Å². The van der Waals surface area contributed by atoms with Gasteiger partial charge < -0.3 is 15.2 Å². The van der Waals surface area contributed by atoms with Crippen molar-refractivity contribution in [2.45, 2.75) is 32.6 Å². The Kier molecular flexibility index (Phi) is 7.12. The van der Waals surface area contributed by atoms with E-state index in [1.165, 1.54) is 6.20 Å². The Hall–Kier alpha value is -3.99. The van der Waals surface area contributed by atoms with Crippen LogP contribution in [0.2, 0.25) is 0 Å². The van der Waals surface area contributed by atoms with E-state index in [0.29, 0.717) is 36.0 Å². The fourth-order valence-electron chi connectivity index (χ4n) is 3.21. The molecule has 0 spiro atoms. The molecule has 2 heterocycles. The van der Waals surface area contributed by atoms with Crippen molar-refractivity contribution < 1.29 is 14.6 Å². The zero-order valence-electron chi connectivity index (χ0n) is 17.4. The van der Waals surface area contributed by atoms with E-state index in [0.717, 1.165) is 16.8 Å². The Balaban J connectivity index is 2.00. The van der Waals surface area contributed by atoms with Crippen LogP contribution < -0.4 is 10.1 Å². The molecule has 0 bridgehead atoms. The van der Waals surface area contributed by atoms with E-state index in [4.69, 9.17) is 10.00 Å². The Morgan fingerprint density at radius 3 is 2.52 bits per heavy atom. The number of hydrogen-bond acceptors (Lipinski definition) is 7. The van der Waals surface area contributed by atoms with Crippen LogP contribution in [0.25, 0.3) is 11.3 Å². The van der Waals surface area contributed by atoms with Crippen LogP contribution in [0.3, 0.4) is 0 Å². The summed E-state index contributed by atoms with van der Waals surface area (Å²) in [6, 6.07) is 11.6. The zero-order valence-corrected chi connectivity index (χ0v) is 17.4. The van der Waals surface area contributed by atoms with E-state index in [2.05, 4.69) is 26.3 Å². The fourth-order valence-corrected chi connectivity index (χ4v) is 3.21. The summed E-state index contributed by atoms with van der Waals surface area (Å²) in [4.78, 5) is 24.0. The molecule has 31 heavy (non-hydrogen) atoms. The van der Waals surface area contributed by atoms with Crippen LogP contribution >= 0.6 is 0 Å². The topological polar surface area (TPSA) is 121 Å². The Morgan fingerprint density at radius 1 is 1.16 bits per heavy atom. The molecule has 0 aliphatic carbocycles. The molecule has 0 fully saturated rings. The number of ether oxygens (including phenoxy) is 1. The van der Waals surface area contributed by atoms with Crippen molar-refractivity contribution in [3.63, 3.8) is 0 Å². The maximum absolute atomic E-state index is 11.3. The molecule has 0 aliphatic rings. The van der Waals surface area contributed by atoms with Gasteiger partial charge in [-0.15, -0.1) is 0 Å². The van der Waals surface area contributed by atoms with Crippen molar-refractivity contribution in [1.82, 2.24) is 15.0 Å². The first-order chi connectivity index (χ1) is 15.0. The first kappa shape index (κ1) is 21.7. The van der Waals surface area contributed by atoms with Crippen LogP contribution in [0.5, 0.6) is 6.01 Å². The second-order valence-corrected chi connectivity index (χ2v) is 6.86. The molecule has 0 saturated heterocycles. The van der Waals surface area contributed by atoms with Crippen LogP contribution in [-0.4, -0.2) is 32.6 Å². The highest BCUT2D eigenvalue weighted by Crippen LogP contribution is 2.34. The molecule has 0 aliphatic heterocycles. The summed E-state index contributed by atoms with van der Waals surface area (Å²) in [5.41, 5.74) is 4.28. The van der Waals surface area contributed by atoms with Gasteiger partial charge in [0.1, 0.15) is 6.07 Å². The quantitative estimate of drug-likeness (QED) is 0.521. The number of nitriles is 1. The highest BCUT2D eigenvalue weighted by atomic mass is 16.5. The first-order valence-corrected chi connectivity index (χ1v) is 9.98. The third-order valence-corrected chi connectivity index (χ3v) is 4.78. The number of carboxylic acids is 1. The van der Waals surface area contributed by atoms with Gasteiger partial charge in [-0.05, 0) is 43.0 Å². The number of rotatable bonds is 9. The maximum atomic E-state index is 11.3. The molecule has 3 rings (SSSR count). The number of nitrogens with one attached hydrogen (secondary N) is 1. The third-order valence-electron chi connectivity index (χ3n) is 4.78. The summed E-state index contributed by atoms with van der Waals surface area (Å²) in [5.74, 6) is -0.947. The SMILES string of the molecule is CCOc1ncc(Nc2cc([C@H](CC)CC(=O)O)ccc2-c2ccc(C#N)cn2)cn1. The largest absolute Gasteiger partial charge is 0.481 e. The second-order valence-electron chi connectivity index (χ2n) is 6.86. The molecule has 8 heteroatoms. The lowest BCUT2D eigenvalue weighted by Crippen LogP contribution is -2.06. The summed E-state index contributed by atoms with van der Waals surface area (Å²) in [6.45, 7) is 4.31. The number of carboxylic acid groups (broad SMARTS) is 1. The standard InChI is InChI=1S/C23H23N5O3/c1-3-16(10-22(29)30)17-6-7-19(20-8-5-15(11-24)12-25-20)21(9-17)28-18-13-26-23(27-14-18)31-4-2/h5-9,12-14,16,28H,3-4,10H2,1-2H3,(H,29,30)/t16-/m1/s1. The minimum atomic E-state index is -0.834. The van der Waals surface area contributed by atoms with Crippen LogP contribution in [0.1, 0.15) is 43.7 Å². The van der Waals surface area contributed by atoms with E-state index in [9.17, 15) is 9.90 Å². The predicted octanol–water partition coefficient (Wildman–Crippen LogP) is 4.52. The molecule has 1 atom stereocenters. The summed E-state index contributed by atoms with van der Waals surface area (Å²) >= 11 is 0. The smallest absolute Gasteiger partial charge is 0.316 e. The molecular formula is C23H23N5O3. The molecule has 2 N–H and O–H groups in total. The van der Waals surface area contributed by atoms with Gasteiger partial charge in [0.25, 0.3) is 0 Å². The van der Waals surface area contributed by atoms with Gasteiger partial charge in [-0.2, -0.15) is 5.26 Å². The van der Waals surface area contributed by atoms with E-state index < -0.39 is 5.97 Å². The minimum absolute atomic E-state index is 0.0522. The van der Waals surface area contributed by atoms with E-state index in [-0.39, 0.29) is 12.3 Å². The molecular weight excluding hydrogens is 394 g/mol. The van der Waals surface area contributed by atoms with Gasteiger partial charge in [-0.1, -0.05) is 19.1 Å². The summed E-state index contributed by atoms with van der Waals surface area (Å²) in [5, 5.41) is 21.6. The Bertz CT molecular complexity index is 1080. The average molecular weight is 417 g/mol. The molecule has 0 unspecified atom stereocenters. The number of benzene rings is 1. The van der Waals surface area contributed by atoms with Crippen molar-refractivity contribution in [2.24, 2.45) is 0 Å². The molecule has 2 aromatic heterocycles. The summed E-state index contributed by atoms with van der Waals surface area (Å²) in [7, 11) is 0. The Labute approximate surface area is 180 Å². The zero-order chi connectivity index (χ0) is 22.2. The van der Waals surface area contributed by atoms with Crippen molar-refractivity contribution in [3.05, 3.63) is 60.0 Å². The maximum Gasteiger partial charge on any atom is 0.316 e. The normalized spacial score (nSPS) is 11.4. The molecule has 158 valence electrons. The first-order valence-electron chi connectivity index (χ1n) is 9.98. The number of aromatic nitrogens is 3. The summed E-state index contributed by atoms with van der Waals surface area (Å²) in [6.07, 6.45) is 5.51. The molecule has 1 aromatic carbocycles. The van der Waals surface area contributed by atoms with Crippen molar-refractivity contribution in [2.75, 3.05) is 11.9 Å². The molecule has 0 radical (unpaired) electrons. The highest BCUT2D eigenvalue weighted by molar-refractivity contribution is 5.80. The lowest BCUT2D eigenvalue weighted by molar-refractivity contribution is -0.137. The van der Waals surface area contributed by atoms with Gasteiger partial charge in [0.2, 0.25) is 0 Å². The monoisotopic (exact) mass is 417 g/mol. The fraction of sp³-hybridized carbons (Fsp3) is 0.261. The number of aliphatic carboxylic acids is 1. The second kappa shape index (κ2) is 10.2. The van der Waals surface area contributed by atoms with Gasteiger partial charge in [-0.25, -0.2) is 9.97 Å². The van der Waals surface area contributed by atoms with Crippen molar-refractivity contribution in [1.29, 1.82) is 5.26 Å². The number of pyridine rings is 1. The number of hydrogen-bond donors (Lipinski definition) is 2. The molecule has 0 amide bonds. The Morgan fingerprint density at radius 2 is 1.94 bits per heavy atom. The van der Waals surface area contributed by atoms with Crippen LogP contribution in [0.4, 0.5) is 11.4 Å². The lowest BCUT2D eigenvalue weighted by atomic mass is 9.91.